The number of amides is 2. The lowest BCUT2D eigenvalue weighted by Gasteiger charge is -2.40. The van der Waals surface area contributed by atoms with Crippen LogP contribution in [0.5, 0.6) is 5.75 Å². The van der Waals surface area contributed by atoms with Gasteiger partial charge in [0.2, 0.25) is 5.91 Å². The molecule has 4 atom stereocenters. The van der Waals surface area contributed by atoms with E-state index in [1.54, 1.807) is 18.2 Å². The number of carbonyl (C=O) groups is 2. The van der Waals surface area contributed by atoms with Crippen LogP contribution >= 0.6 is 23.2 Å². The monoisotopic (exact) mass is 740 g/mol. The van der Waals surface area contributed by atoms with E-state index >= 15 is 4.39 Å². The standard InChI is InChI=1S/C39H35Cl2FN6O4/c1-3-52-24-6-4-5-22(16-24)20-47-32-19-31-27-15-21(2)26(37(49)46-11-13-51-14-12-46)18-29(27)45-48(31)35(32)33(25-9-10-43-36(41)34(25)42)39(47)28-8-7-23(40)17-30(28)44-38(39)50/h4-10,15-18,32-33,35H,3,11-14,19-20H2,1-2H3,(H,44,50)/t32-,33-,35+,39+/m0/s1. The summed E-state index contributed by atoms with van der Waals surface area (Å²) in [5.74, 6) is -1.09. The Bertz CT molecular complexity index is 2290. The molecule has 0 bridgehead atoms. The molecule has 0 radical (unpaired) electrons. The number of pyridine rings is 1. The number of nitrogens with zero attached hydrogens (tertiary/aromatic N) is 5. The third-order valence-corrected chi connectivity index (χ3v) is 11.7. The fourth-order valence-corrected chi connectivity index (χ4v) is 9.40. The number of halogens is 3. The number of aryl methyl sites for hydroxylation is 1. The first-order valence-electron chi connectivity index (χ1n) is 17.5. The molecule has 0 unspecified atom stereocenters. The zero-order valence-corrected chi connectivity index (χ0v) is 30.0. The largest absolute Gasteiger partial charge is 0.494 e. The molecule has 13 heteroatoms. The summed E-state index contributed by atoms with van der Waals surface area (Å²) in [5.41, 5.74) is 4.16. The van der Waals surface area contributed by atoms with Crippen molar-refractivity contribution in [2.75, 3.05) is 38.2 Å². The van der Waals surface area contributed by atoms with E-state index in [1.165, 1.54) is 6.20 Å². The Labute approximate surface area is 309 Å². The van der Waals surface area contributed by atoms with Gasteiger partial charge in [-0.25, -0.2) is 9.37 Å². The highest BCUT2D eigenvalue weighted by Crippen LogP contribution is 2.64. The van der Waals surface area contributed by atoms with Gasteiger partial charge in [-0.15, -0.1) is 0 Å². The lowest BCUT2D eigenvalue weighted by molar-refractivity contribution is -0.128. The predicted molar refractivity (Wildman–Crippen MR) is 195 cm³/mol. The maximum atomic E-state index is 16.5. The molecular formula is C39H35Cl2FN6O4. The van der Waals surface area contributed by atoms with Crippen LogP contribution in [0.4, 0.5) is 10.1 Å². The highest BCUT2D eigenvalue weighted by molar-refractivity contribution is 6.31. The van der Waals surface area contributed by atoms with Crippen LogP contribution in [0.1, 0.15) is 57.2 Å². The van der Waals surface area contributed by atoms with Crippen LogP contribution in [0.15, 0.2) is 66.9 Å². The van der Waals surface area contributed by atoms with Crippen molar-refractivity contribution in [3.8, 4) is 5.75 Å². The summed E-state index contributed by atoms with van der Waals surface area (Å²) in [6, 6.07) is 17.9. The number of benzene rings is 3. The van der Waals surface area contributed by atoms with Crippen molar-refractivity contribution in [3.63, 3.8) is 0 Å². The number of morpholine rings is 1. The zero-order chi connectivity index (χ0) is 35.9. The molecule has 2 saturated heterocycles. The normalized spacial score (nSPS) is 23.6. The number of aromatic nitrogens is 3. The lowest BCUT2D eigenvalue weighted by atomic mass is 9.74. The van der Waals surface area contributed by atoms with E-state index in [1.807, 2.05) is 65.9 Å². The fourth-order valence-electron chi connectivity index (χ4n) is 9.06. The summed E-state index contributed by atoms with van der Waals surface area (Å²) in [6.45, 7) is 6.81. The number of nitrogens with one attached hydrogen (secondary N) is 1. The zero-order valence-electron chi connectivity index (χ0n) is 28.5. The Hall–Kier alpha value is -4.55. The first-order chi connectivity index (χ1) is 25.2. The molecule has 5 aromatic rings. The topological polar surface area (TPSA) is 102 Å². The van der Waals surface area contributed by atoms with Crippen LogP contribution in [0, 0.1) is 12.7 Å². The van der Waals surface area contributed by atoms with Gasteiger partial charge in [0.25, 0.3) is 5.91 Å². The second-order valence-corrected chi connectivity index (χ2v) is 14.6. The van der Waals surface area contributed by atoms with Crippen LogP contribution in [0.25, 0.3) is 10.9 Å². The van der Waals surface area contributed by atoms with Gasteiger partial charge in [0.1, 0.15) is 11.3 Å². The first kappa shape index (κ1) is 33.3. The fraction of sp³-hybridized carbons (Fsp3) is 0.333. The van der Waals surface area contributed by atoms with Crippen molar-refractivity contribution in [1.29, 1.82) is 0 Å². The smallest absolute Gasteiger partial charge is 0.254 e. The Balaban J connectivity index is 1.26. The van der Waals surface area contributed by atoms with Crippen LogP contribution in [-0.4, -0.2) is 75.3 Å². The van der Waals surface area contributed by atoms with Crippen molar-refractivity contribution in [2.24, 2.45) is 0 Å². The Morgan fingerprint density at radius 2 is 1.94 bits per heavy atom. The maximum Gasteiger partial charge on any atom is 0.254 e. The minimum atomic E-state index is -1.38. The van der Waals surface area contributed by atoms with Crippen LogP contribution < -0.4 is 10.1 Å². The summed E-state index contributed by atoms with van der Waals surface area (Å²) >= 11 is 12.9. The van der Waals surface area contributed by atoms with E-state index in [4.69, 9.17) is 37.8 Å². The van der Waals surface area contributed by atoms with E-state index < -0.39 is 23.3 Å². The van der Waals surface area contributed by atoms with Crippen LogP contribution in [-0.2, 0) is 28.0 Å². The summed E-state index contributed by atoms with van der Waals surface area (Å²) < 4.78 is 29.8. The van der Waals surface area contributed by atoms with Gasteiger partial charge in [-0.05, 0) is 67.4 Å². The molecule has 4 aliphatic heterocycles. The van der Waals surface area contributed by atoms with Gasteiger partial charge in [-0.2, -0.15) is 5.10 Å². The Morgan fingerprint density at radius 3 is 2.75 bits per heavy atom. The van der Waals surface area contributed by atoms with Gasteiger partial charge in [0, 0.05) is 82.7 Å². The van der Waals surface area contributed by atoms with Crippen LogP contribution in [0.3, 0.4) is 0 Å². The number of hydrogen-bond acceptors (Lipinski definition) is 7. The number of likely N-dealkylation sites (tertiary alicyclic amines) is 1. The van der Waals surface area contributed by atoms with E-state index in [9.17, 15) is 9.59 Å². The summed E-state index contributed by atoms with van der Waals surface area (Å²) in [4.78, 5) is 36.6. The lowest BCUT2D eigenvalue weighted by Crippen LogP contribution is -2.52. The first-order valence-corrected chi connectivity index (χ1v) is 18.2. The average molecular weight is 742 g/mol. The van der Waals surface area contributed by atoms with Crippen molar-refractivity contribution < 1.29 is 23.5 Å². The van der Waals surface area contributed by atoms with E-state index in [0.717, 1.165) is 28.0 Å². The van der Waals surface area contributed by atoms with Crippen molar-refractivity contribution in [1.82, 2.24) is 24.6 Å². The van der Waals surface area contributed by atoms with Gasteiger partial charge >= 0.3 is 0 Å². The average Bonchev–Trinajstić information content (AvgIpc) is 3.83. The number of hydrogen-bond donors (Lipinski definition) is 1. The molecule has 6 heterocycles. The number of rotatable bonds is 6. The molecule has 3 aromatic carbocycles. The van der Waals surface area contributed by atoms with Gasteiger partial charge < -0.3 is 19.7 Å². The van der Waals surface area contributed by atoms with E-state index in [-0.39, 0.29) is 28.6 Å². The third-order valence-electron chi connectivity index (χ3n) is 11.2. The number of ether oxygens (including phenoxy) is 2. The van der Waals surface area contributed by atoms with E-state index in [0.29, 0.717) is 73.2 Å². The van der Waals surface area contributed by atoms with Crippen molar-refractivity contribution in [3.05, 3.63) is 116 Å². The molecule has 4 aliphatic rings. The summed E-state index contributed by atoms with van der Waals surface area (Å²) in [7, 11) is 0. The number of carbonyl (C=O) groups excluding carboxylic acids is 2. The molecule has 9 rings (SSSR count). The molecular weight excluding hydrogens is 706 g/mol. The summed E-state index contributed by atoms with van der Waals surface area (Å²) in [6.07, 6.45) is 2.01. The number of fused-ring (bicyclic) bond motifs is 7. The molecule has 52 heavy (non-hydrogen) atoms. The Morgan fingerprint density at radius 1 is 1.12 bits per heavy atom. The second kappa shape index (κ2) is 12.5. The van der Waals surface area contributed by atoms with Gasteiger partial charge in [0.05, 0.1) is 31.4 Å². The van der Waals surface area contributed by atoms with Gasteiger partial charge in [0.15, 0.2) is 11.0 Å². The second-order valence-electron chi connectivity index (χ2n) is 13.8. The molecule has 1 spiro atoms. The molecule has 2 fully saturated rings. The molecule has 2 aromatic heterocycles. The molecule has 0 aliphatic carbocycles. The minimum Gasteiger partial charge on any atom is -0.494 e. The van der Waals surface area contributed by atoms with Crippen molar-refractivity contribution >= 4 is 51.6 Å². The highest BCUT2D eigenvalue weighted by atomic mass is 35.5. The summed E-state index contributed by atoms with van der Waals surface area (Å²) in [5, 5.41) is 9.41. The molecule has 10 nitrogen and oxygen atoms in total. The third kappa shape index (κ3) is 4.89. The predicted octanol–water partition coefficient (Wildman–Crippen LogP) is 6.67. The number of anilines is 1. The highest BCUT2D eigenvalue weighted by Gasteiger charge is 2.69. The van der Waals surface area contributed by atoms with Gasteiger partial charge in [-0.3, -0.25) is 19.2 Å². The van der Waals surface area contributed by atoms with Crippen LogP contribution in [0.2, 0.25) is 10.2 Å². The van der Waals surface area contributed by atoms with Crippen molar-refractivity contribution in [2.45, 2.75) is 50.4 Å². The molecule has 0 saturated carbocycles. The molecule has 1 N–H and O–H groups in total. The molecule has 2 amide bonds. The van der Waals surface area contributed by atoms with E-state index in [2.05, 4.69) is 15.2 Å². The SMILES string of the molecule is CCOc1cccc(CN2[C@H]3Cc4c5cc(C)c(C(=O)N6CCOCC6)cc5nn4[C@H]3[C@H](c3ccnc(Cl)c3F)[C@]23C(=O)Nc2cc(Cl)ccc23)c1. The van der Waals surface area contributed by atoms with Gasteiger partial charge in [-0.1, -0.05) is 41.4 Å². The maximum absolute atomic E-state index is 16.5. The molecule has 266 valence electrons. The minimum absolute atomic E-state index is 0.0571. The quantitative estimate of drug-likeness (QED) is 0.194. The Kier molecular flexibility index (Phi) is 8.03.